The van der Waals surface area contributed by atoms with Gasteiger partial charge in [-0.15, -0.1) is 5.10 Å². The van der Waals surface area contributed by atoms with Gasteiger partial charge in [-0.05, 0) is 12.1 Å². The summed E-state index contributed by atoms with van der Waals surface area (Å²) in [6.45, 7) is -2.74. The van der Waals surface area contributed by atoms with Crippen molar-refractivity contribution in [1.29, 1.82) is 0 Å². The number of aromatic nitrogens is 5. The molecule has 3 rings (SSSR count). The zero-order chi connectivity index (χ0) is 18.2. The highest BCUT2D eigenvalue weighted by atomic mass is 32.2. The molecule has 0 saturated carbocycles. The van der Waals surface area contributed by atoms with E-state index in [1.165, 1.54) is 23.1 Å². The second-order valence-corrected chi connectivity index (χ2v) is 7.40. The van der Waals surface area contributed by atoms with E-state index in [2.05, 4.69) is 20.5 Å². The lowest BCUT2D eigenvalue weighted by Gasteiger charge is -1.98. The Balaban J connectivity index is 1.85. The molecule has 0 radical (unpaired) electrons. The highest BCUT2D eigenvalue weighted by molar-refractivity contribution is 7.91. The molecule has 1 N–H and O–H groups in total. The van der Waals surface area contributed by atoms with E-state index >= 15 is 0 Å². The molecular weight excluding hydrogens is 358 g/mol. The van der Waals surface area contributed by atoms with Gasteiger partial charge in [-0.2, -0.15) is 18.9 Å². The Kier molecular flexibility index (Phi) is 4.20. The van der Waals surface area contributed by atoms with Crippen LogP contribution >= 0.6 is 0 Å². The van der Waals surface area contributed by atoms with Crippen molar-refractivity contribution < 1.29 is 22.0 Å². The van der Waals surface area contributed by atoms with Crippen LogP contribution in [0.2, 0.25) is 0 Å². The van der Waals surface area contributed by atoms with Crippen molar-refractivity contribution in [1.82, 2.24) is 24.4 Å². The summed E-state index contributed by atoms with van der Waals surface area (Å²) in [7, 11) is -3.47. The fourth-order valence-electron chi connectivity index (χ4n) is 2.10. The van der Waals surface area contributed by atoms with Gasteiger partial charge in [0, 0.05) is 29.8 Å². The molecule has 3 heterocycles. The van der Waals surface area contributed by atoms with Crippen molar-refractivity contribution >= 4 is 27.3 Å². The lowest BCUT2D eigenvalue weighted by Crippen LogP contribution is -2.22. The molecule has 12 heteroatoms. The summed E-state index contributed by atoms with van der Waals surface area (Å²) in [5.74, 6) is -1.49. The van der Waals surface area contributed by atoms with E-state index in [-0.39, 0.29) is 5.95 Å². The van der Waals surface area contributed by atoms with E-state index in [1.54, 1.807) is 12.1 Å². The van der Waals surface area contributed by atoms with Crippen LogP contribution in [0.15, 0.2) is 30.7 Å². The van der Waals surface area contributed by atoms with Crippen molar-refractivity contribution in [2.75, 3.05) is 17.3 Å². The highest BCUT2D eigenvalue weighted by Crippen LogP contribution is 2.21. The van der Waals surface area contributed by atoms with Crippen molar-refractivity contribution in [3.05, 3.63) is 30.7 Å². The first-order chi connectivity index (χ1) is 11.7. The topological polar surface area (TPSA) is 111 Å². The average molecular weight is 370 g/mol. The molecule has 3 aromatic rings. The maximum absolute atomic E-state index is 12.6. The normalized spacial score (nSPS) is 12.0. The number of amides is 1. The summed E-state index contributed by atoms with van der Waals surface area (Å²) < 4.78 is 49.2. The number of hydrogen-bond acceptors (Lipinski definition) is 6. The quantitative estimate of drug-likeness (QED) is 0.716. The van der Waals surface area contributed by atoms with E-state index in [0.717, 1.165) is 6.26 Å². The monoisotopic (exact) mass is 370 g/mol. The van der Waals surface area contributed by atoms with E-state index in [0.29, 0.717) is 21.5 Å². The average Bonchev–Trinajstić information content (AvgIpc) is 3.10. The number of nitrogens with zero attached hydrogens (tertiary/aromatic N) is 5. The zero-order valence-corrected chi connectivity index (χ0v) is 13.6. The molecule has 1 amide bonds. The summed E-state index contributed by atoms with van der Waals surface area (Å²) in [5, 5.41) is 9.86. The predicted octanol–water partition coefficient (Wildman–Crippen LogP) is 0.971. The SMILES string of the molecule is CS(=O)(=O)CC(=O)Nc1nc2ccc(-c3cnn(C(F)F)c3)cn2n1. The van der Waals surface area contributed by atoms with Gasteiger partial charge < -0.3 is 0 Å². The number of nitrogens with one attached hydrogen (secondary N) is 1. The summed E-state index contributed by atoms with van der Waals surface area (Å²) >= 11 is 0. The number of hydrogen-bond donors (Lipinski definition) is 1. The number of pyridine rings is 1. The van der Waals surface area contributed by atoms with Crippen molar-refractivity contribution in [2.24, 2.45) is 0 Å². The van der Waals surface area contributed by atoms with E-state index in [4.69, 9.17) is 0 Å². The predicted molar refractivity (Wildman–Crippen MR) is 83.8 cm³/mol. The van der Waals surface area contributed by atoms with Crippen LogP contribution in [0, 0.1) is 0 Å². The van der Waals surface area contributed by atoms with Crippen LogP contribution in [-0.4, -0.2) is 50.7 Å². The molecule has 0 unspecified atom stereocenters. The number of fused-ring (bicyclic) bond motifs is 1. The maximum Gasteiger partial charge on any atom is 0.333 e. The first kappa shape index (κ1) is 17.0. The van der Waals surface area contributed by atoms with Crippen LogP contribution in [0.1, 0.15) is 6.55 Å². The first-order valence-electron chi connectivity index (χ1n) is 6.88. The third-order valence-corrected chi connectivity index (χ3v) is 3.90. The molecule has 0 aliphatic rings. The third-order valence-electron chi connectivity index (χ3n) is 3.11. The van der Waals surface area contributed by atoms with Gasteiger partial charge in [0.05, 0.1) is 6.20 Å². The fourth-order valence-corrected chi connectivity index (χ4v) is 2.65. The Bertz CT molecular complexity index is 1040. The molecule has 3 aromatic heterocycles. The highest BCUT2D eigenvalue weighted by Gasteiger charge is 2.14. The first-order valence-corrected chi connectivity index (χ1v) is 8.94. The van der Waals surface area contributed by atoms with E-state index < -0.39 is 28.0 Å². The fraction of sp³-hybridized carbons (Fsp3) is 0.231. The molecule has 25 heavy (non-hydrogen) atoms. The molecule has 132 valence electrons. The second kappa shape index (κ2) is 6.20. The lowest BCUT2D eigenvalue weighted by molar-refractivity contribution is -0.113. The third kappa shape index (κ3) is 3.96. The Hall–Kier alpha value is -2.89. The number of halogens is 2. The zero-order valence-electron chi connectivity index (χ0n) is 12.8. The molecule has 0 aliphatic carbocycles. The molecule has 0 spiro atoms. The Morgan fingerprint density at radius 1 is 1.28 bits per heavy atom. The maximum atomic E-state index is 12.6. The molecule has 0 saturated heterocycles. The molecule has 0 atom stereocenters. The number of alkyl halides is 2. The molecular formula is C13H12F2N6O3S. The molecule has 0 aliphatic heterocycles. The Labute approximate surface area is 140 Å². The van der Waals surface area contributed by atoms with Crippen molar-refractivity contribution in [3.8, 4) is 11.1 Å². The van der Waals surface area contributed by atoms with Crippen LogP contribution < -0.4 is 5.32 Å². The van der Waals surface area contributed by atoms with Gasteiger partial charge in [-0.3, -0.25) is 10.1 Å². The minimum Gasteiger partial charge on any atom is -0.292 e. The largest absolute Gasteiger partial charge is 0.333 e. The van der Waals surface area contributed by atoms with Gasteiger partial charge in [0.1, 0.15) is 5.75 Å². The van der Waals surface area contributed by atoms with E-state index in [9.17, 15) is 22.0 Å². The summed E-state index contributed by atoms with van der Waals surface area (Å²) in [5.41, 5.74) is 1.42. The van der Waals surface area contributed by atoms with Crippen LogP contribution in [0.25, 0.3) is 16.8 Å². The van der Waals surface area contributed by atoms with Gasteiger partial charge in [0.15, 0.2) is 15.5 Å². The summed E-state index contributed by atoms with van der Waals surface area (Å²) in [6, 6.07) is 3.22. The van der Waals surface area contributed by atoms with Gasteiger partial charge >= 0.3 is 6.55 Å². The molecule has 0 fully saturated rings. The number of anilines is 1. The van der Waals surface area contributed by atoms with E-state index in [1.807, 2.05) is 0 Å². The standard InChI is InChI=1S/C13H12F2N6O3S/c1-25(23,24)7-11(22)18-13-17-10-3-2-8(5-20(10)19-13)9-4-16-21(6-9)12(14)15/h2-6,12H,7H2,1H3,(H,18,19,22). The molecule has 0 aromatic carbocycles. The van der Waals surface area contributed by atoms with Gasteiger partial charge in [-0.1, -0.05) is 0 Å². The number of carbonyl (C=O) groups is 1. The smallest absolute Gasteiger partial charge is 0.292 e. The minimum atomic E-state index is -3.47. The van der Waals surface area contributed by atoms with Crippen molar-refractivity contribution in [3.63, 3.8) is 0 Å². The van der Waals surface area contributed by atoms with Crippen LogP contribution in [-0.2, 0) is 14.6 Å². The number of rotatable bonds is 5. The lowest BCUT2D eigenvalue weighted by atomic mass is 10.2. The summed E-state index contributed by atoms with van der Waals surface area (Å²) in [6.07, 6.45) is 4.95. The Morgan fingerprint density at radius 2 is 2.04 bits per heavy atom. The van der Waals surface area contributed by atoms with Crippen LogP contribution in [0.3, 0.4) is 0 Å². The van der Waals surface area contributed by atoms with Crippen LogP contribution in [0.5, 0.6) is 0 Å². The molecule has 9 nitrogen and oxygen atoms in total. The second-order valence-electron chi connectivity index (χ2n) is 5.26. The summed E-state index contributed by atoms with van der Waals surface area (Å²) in [4.78, 5) is 15.6. The Morgan fingerprint density at radius 3 is 2.68 bits per heavy atom. The van der Waals surface area contributed by atoms with Gasteiger partial charge in [0.25, 0.3) is 0 Å². The van der Waals surface area contributed by atoms with Crippen molar-refractivity contribution in [2.45, 2.75) is 6.55 Å². The minimum absolute atomic E-state index is 0.0610. The van der Waals surface area contributed by atoms with Gasteiger partial charge in [-0.25, -0.2) is 17.6 Å². The van der Waals surface area contributed by atoms with Crippen LogP contribution in [0.4, 0.5) is 14.7 Å². The van der Waals surface area contributed by atoms with Gasteiger partial charge in [0.2, 0.25) is 11.9 Å². The molecule has 0 bridgehead atoms. The number of sulfone groups is 1. The number of carbonyl (C=O) groups excluding carboxylic acids is 1.